The zero-order chi connectivity index (χ0) is 12.5. The lowest BCUT2D eigenvalue weighted by Gasteiger charge is -2.19. The Hall–Kier alpha value is -1.84. The molecule has 0 unspecified atom stereocenters. The lowest BCUT2D eigenvalue weighted by Crippen LogP contribution is -2.14. The minimum absolute atomic E-state index is 0.409. The molecule has 94 valence electrons. The molecular formula is C14H17N3O. The highest BCUT2D eigenvalue weighted by atomic mass is 16.1. The van der Waals surface area contributed by atoms with Crippen molar-refractivity contribution >= 4 is 11.6 Å². The zero-order valence-corrected chi connectivity index (χ0v) is 10.3. The second kappa shape index (κ2) is 4.44. The SMILES string of the molecule is NC(=O)c1cccc2nc(C3CCCCC3)cn12. The summed E-state index contributed by atoms with van der Waals surface area (Å²) in [5, 5.41) is 0. The quantitative estimate of drug-likeness (QED) is 0.880. The van der Waals surface area contributed by atoms with Gasteiger partial charge in [0.2, 0.25) is 0 Å². The number of primary amides is 1. The maximum Gasteiger partial charge on any atom is 0.265 e. The normalized spacial score (nSPS) is 17.1. The Morgan fingerprint density at radius 1 is 1.28 bits per heavy atom. The van der Waals surface area contributed by atoms with Gasteiger partial charge in [0.15, 0.2) is 0 Å². The highest BCUT2D eigenvalue weighted by Gasteiger charge is 2.19. The summed E-state index contributed by atoms with van der Waals surface area (Å²) in [5.41, 5.74) is 7.79. The summed E-state index contributed by atoms with van der Waals surface area (Å²) in [6.07, 6.45) is 8.27. The van der Waals surface area contributed by atoms with Gasteiger partial charge in [0.05, 0.1) is 5.69 Å². The molecule has 1 aliphatic rings. The van der Waals surface area contributed by atoms with Crippen LogP contribution in [0.15, 0.2) is 24.4 Å². The first-order chi connectivity index (χ1) is 8.75. The molecule has 1 aliphatic carbocycles. The average Bonchev–Trinajstić information content (AvgIpc) is 2.83. The molecule has 3 rings (SSSR count). The van der Waals surface area contributed by atoms with Crippen molar-refractivity contribution in [1.29, 1.82) is 0 Å². The molecule has 2 heterocycles. The molecule has 0 aromatic carbocycles. The Morgan fingerprint density at radius 3 is 2.78 bits per heavy atom. The Labute approximate surface area is 106 Å². The van der Waals surface area contributed by atoms with Crippen LogP contribution in [-0.4, -0.2) is 15.3 Å². The summed E-state index contributed by atoms with van der Waals surface area (Å²) in [5.74, 6) is 0.132. The minimum atomic E-state index is -0.409. The Bertz CT molecular complexity index is 582. The Morgan fingerprint density at radius 2 is 2.06 bits per heavy atom. The fourth-order valence-corrected chi connectivity index (χ4v) is 2.83. The molecule has 1 fully saturated rings. The van der Waals surface area contributed by atoms with Crippen molar-refractivity contribution in [1.82, 2.24) is 9.38 Å². The van der Waals surface area contributed by atoms with E-state index in [1.54, 1.807) is 6.07 Å². The van der Waals surface area contributed by atoms with Crippen molar-refractivity contribution in [2.24, 2.45) is 5.73 Å². The summed E-state index contributed by atoms with van der Waals surface area (Å²) in [7, 11) is 0. The largest absolute Gasteiger partial charge is 0.364 e. The number of nitrogens with two attached hydrogens (primary N) is 1. The predicted molar refractivity (Wildman–Crippen MR) is 69.5 cm³/mol. The van der Waals surface area contributed by atoms with Crippen LogP contribution in [0.25, 0.3) is 5.65 Å². The Balaban J connectivity index is 2.04. The summed E-state index contributed by atoms with van der Waals surface area (Å²) >= 11 is 0. The fraction of sp³-hybridized carbons (Fsp3) is 0.429. The molecule has 0 spiro atoms. The van der Waals surface area contributed by atoms with Gasteiger partial charge in [-0.1, -0.05) is 25.3 Å². The predicted octanol–water partition coefficient (Wildman–Crippen LogP) is 2.48. The van der Waals surface area contributed by atoms with Crippen LogP contribution in [0.1, 0.15) is 54.2 Å². The molecule has 1 saturated carbocycles. The number of rotatable bonds is 2. The third-order valence-electron chi connectivity index (χ3n) is 3.79. The number of amides is 1. The van der Waals surface area contributed by atoms with Crippen molar-refractivity contribution in [2.45, 2.75) is 38.0 Å². The third-order valence-corrected chi connectivity index (χ3v) is 3.79. The van der Waals surface area contributed by atoms with Crippen molar-refractivity contribution in [3.63, 3.8) is 0 Å². The van der Waals surface area contributed by atoms with E-state index >= 15 is 0 Å². The fourth-order valence-electron chi connectivity index (χ4n) is 2.83. The smallest absolute Gasteiger partial charge is 0.265 e. The molecule has 2 aromatic heterocycles. The number of nitrogens with zero attached hydrogens (tertiary/aromatic N) is 2. The van der Waals surface area contributed by atoms with Gasteiger partial charge in [-0.25, -0.2) is 4.98 Å². The number of hydrogen-bond donors (Lipinski definition) is 1. The van der Waals surface area contributed by atoms with Crippen LogP contribution in [-0.2, 0) is 0 Å². The highest BCUT2D eigenvalue weighted by molar-refractivity contribution is 5.91. The maximum atomic E-state index is 11.4. The highest BCUT2D eigenvalue weighted by Crippen LogP contribution is 2.32. The maximum absolute atomic E-state index is 11.4. The first-order valence-electron chi connectivity index (χ1n) is 6.53. The van der Waals surface area contributed by atoms with E-state index in [1.807, 2.05) is 22.7 Å². The van der Waals surface area contributed by atoms with Crippen LogP contribution < -0.4 is 5.73 Å². The number of imidazole rings is 1. The molecule has 2 aromatic rings. The van der Waals surface area contributed by atoms with E-state index in [9.17, 15) is 4.79 Å². The molecule has 0 radical (unpaired) electrons. The van der Waals surface area contributed by atoms with Crippen LogP contribution in [0.2, 0.25) is 0 Å². The van der Waals surface area contributed by atoms with Gasteiger partial charge in [-0.3, -0.25) is 9.20 Å². The van der Waals surface area contributed by atoms with E-state index in [1.165, 1.54) is 32.1 Å². The molecular weight excluding hydrogens is 226 g/mol. The number of aromatic nitrogens is 2. The van der Waals surface area contributed by atoms with Gasteiger partial charge in [0.1, 0.15) is 11.3 Å². The van der Waals surface area contributed by atoms with Gasteiger partial charge in [0.25, 0.3) is 5.91 Å². The average molecular weight is 243 g/mol. The van der Waals surface area contributed by atoms with Gasteiger partial charge in [-0.15, -0.1) is 0 Å². The van der Waals surface area contributed by atoms with Crippen LogP contribution in [0, 0.1) is 0 Å². The van der Waals surface area contributed by atoms with E-state index in [2.05, 4.69) is 4.98 Å². The van der Waals surface area contributed by atoms with E-state index in [4.69, 9.17) is 5.73 Å². The summed E-state index contributed by atoms with van der Waals surface area (Å²) in [4.78, 5) is 16.0. The molecule has 4 nitrogen and oxygen atoms in total. The van der Waals surface area contributed by atoms with Gasteiger partial charge in [-0.05, 0) is 25.0 Å². The van der Waals surface area contributed by atoms with Crippen molar-refractivity contribution in [2.75, 3.05) is 0 Å². The second-order valence-corrected chi connectivity index (χ2v) is 5.00. The van der Waals surface area contributed by atoms with Crippen molar-refractivity contribution in [3.05, 3.63) is 35.8 Å². The van der Waals surface area contributed by atoms with Gasteiger partial charge in [-0.2, -0.15) is 0 Å². The van der Waals surface area contributed by atoms with Gasteiger partial charge in [0, 0.05) is 12.1 Å². The molecule has 0 bridgehead atoms. The number of fused-ring (bicyclic) bond motifs is 1. The molecule has 0 atom stereocenters. The van der Waals surface area contributed by atoms with Gasteiger partial charge < -0.3 is 5.73 Å². The third kappa shape index (κ3) is 1.88. The lowest BCUT2D eigenvalue weighted by molar-refractivity contribution is 0.0994. The zero-order valence-electron chi connectivity index (χ0n) is 10.3. The molecule has 2 N–H and O–H groups in total. The number of carbonyl (C=O) groups excluding carboxylic acids is 1. The Kier molecular flexibility index (Phi) is 2.78. The van der Waals surface area contributed by atoms with E-state index < -0.39 is 5.91 Å². The van der Waals surface area contributed by atoms with Gasteiger partial charge >= 0.3 is 0 Å². The van der Waals surface area contributed by atoms with Crippen LogP contribution in [0.5, 0.6) is 0 Å². The molecule has 0 aliphatic heterocycles. The van der Waals surface area contributed by atoms with Crippen LogP contribution in [0.3, 0.4) is 0 Å². The van der Waals surface area contributed by atoms with E-state index in [-0.39, 0.29) is 0 Å². The topological polar surface area (TPSA) is 60.4 Å². The monoisotopic (exact) mass is 243 g/mol. The number of pyridine rings is 1. The van der Waals surface area contributed by atoms with Crippen molar-refractivity contribution in [3.8, 4) is 0 Å². The van der Waals surface area contributed by atoms with Crippen molar-refractivity contribution < 1.29 is 4.79 Å². The second-order valence-electron chi connectivity index (χ2n) is 5.00. The molecule has 0 saturated heterocycles. The molecule has 1 amide bonds. The number of carbonyl (C=O) groups is 1. The summed E-state index contributed by atoms with van der Waals surface area (Å²) < 4.78 is 1.81. The summed E-state index contributed by atoms with van der Waals surface area (Å²) in [6, 6.07) is 5.48. The minimum Gasteiger partial charge on any atom is -0.364 e. The van der Waals surface area contributed by atoms with Crippen LogP contribution in [0.4, 0.5) is 0 Å². The lowest BCUT2D eigenvalue weighted by atomic mass is 9.87. The first kappa shape index (κ1) is 11.3. The summed E-state index contributed by atoms with van der Waals surface area (Å²) in [6.45, 7) is 0. The molecule has 18 heavy (non-hydrogen) atoms. The molecule has 4 heteroatoms. The first-order valence-corrected chi connectivity index (χ1v) is 6.53. The van der Waals surface area contributed by atoms with E-state index in [0.29, 0.717) is 11.6 Å². The van der Waals surface area contributed by atoms with E-state index in [0.717, 1.165) is 11.3 Å². The standard InChI is InChI=1S/C14H17N3O/c15-14(18)12-7-4-8-13-16-11(9-17(12)13)10-5-2-1-3-6-10/h4,7-10H,1-3,5-6H2,(H2,15,18). The number of hydrogen-bond acceptors (Lipinski definition) is 2. The van der Waals surface area contributed by atoms with Crippen LogP contribution >= 0.6 is 0 Å².